The second kappa shape index (κ2) is 8.59. The lowest BCUT2D eigenvalue weighted by atomic mass is 10.1. The van der Waals surface area contributed by atoms with Crippen molar-refractivity contribution in [1.29, 1.82) is 0 Å². The van der Waals surface area contributed by atoms with Crippen molar-refractivity contribution in [3.63, 3.8) is 0 Å². The van der Waals surface area contributed by atoms with E-state index in [9.17, 15) is 9.90 Å². The summed E-state index contributed by atoms with van der Waals surface area (Å²) in [7, 11) is 4.60. The summed E-state index contributed by atoms with van der Waals surface area (Å²) in [5.41, 5.74) is 1.58. The van der Waals surface area contributed by atoms with Gasteiger partial charge in [-0.25, -0.2) is 0 Å². The van der Waals surface area contributed by atoms with Crippen molar-refractivity contribution in [2.45, 2.75) is 0 Å². The number of ketones is 1. The summed E-state index contributed by atoms with van der Waals surface area (Å²) in [6.07, 6.45) is 6.27. The van der Waals surface area contributed by atoms with E-state index in [1.165, 1.54) is 25.3 Å². The van der Waals surface area contributed by atoms with Crippen LogP contribution in [0.15, 0.2) is 48.6 Å². The molecule has 0 saturated carbocycles. The van der Waals surface area contributed by atoms with Gasteiger partial charge >= 0.3 is 0 Å². The Morgan fingerprint density at radius 3 is 1.88 bits per heavy atom. The van der Waals surface area contributed by atoms with Gasteiger partial charge in [-0.05, 0) is 47.5 Å². The van der Waals surface area contributed by atoms with Gasteiger partial charge in [0.05, 0.1) is 21.3 Å². The van der Waals surface area contributed by atoms with Crippen LogP contribution in [0.3, 0.4) is 0 Å². The molecule has 25 heavy (non-hydrogen) atoms. The first kappa shape index (κ1) is 18.1. The van der Waals surface area contributed by atoms with Crippen molar-refractivity contribution >= 4 is 17.9 Å². The third-order valence-corrected chi connectivity index (χ3v) is 3.49. The quantitative estimate of drug-likeness (QED) is 0.778. The highest BCUT2D eigenvalue weighted by Gasteiger charge is 2.03. The number of ether oxygens (including phenoxy) is 3. The Morgan fingerprint density at radius 2 is 1.32 bits per heavy atom. The molecule has 1 N–H and O–H groups in total. The van der Waals surface area contributed by atoms with Crippen molar-refractivity contribution in [2.24, 2.45) is 0 Å². The number of allylic oxidation sites excluding steroid dienone is 2. The van der Waals surface area contributed by atoms with Crippen molar-refractivity contribution in [1.82, 2.24) is 0 Å². The van der Waals surface area contributed by atoms with Crippen LogP contribution >= 0.6 is 0 Å². The number of rotatable bonds is 7. The van der Waals surface area contributed by atoms with E-state index in [2.05, 4.69) is 0 Å². The minimum atomic E-state index is -0.165. The molecule has 130 valence electrons. The molecule has 0 saturated heterocycles. The van der Waals surface area contributed by atoms with Gasteiger partial charge < -0.3 is 19.3 Å². The number of carbonyl (C=O) groups is 1. The minimum Gasteiger partial charge on any atom is -0.504 e. The molecule has 2 aromatic rings. The maximum absolute atomic E-state index is 12.0. The molecule has 0 heterocycles. The Kier molecular flexibility index (Phi) is 6.23. The van der Waals surface area contributed by atoms with Gasteiger partial charge in [-0.1, -0.05) is 24.3 Å². The maximum atomic E-state index is 12.0. The molecule has 2 aromatic carbocycles. The predicted molar refractivity (Wildman–Crippen MR) is 97.3 cm³/mol. The van der Waals surface area contributed by atoms with Crippen LogP contribution in [0.25, 0.3) is 12.2 Å². The molecular formula is C20H20O5. The second-order valence-corrected chi connectivity index (χ2v) is 5.11. The van der Waals surface area contributed by atoms with Crippen LogP contribution < -0.4 is 14.2 Å². The normalized spacial score (nSPS) is 11.0. The monoisotopic (exact) mass is 340 g/mol. The number of phenolic OH excluding ortho intramolecular Hbond substituents is 1. The average molecular weight is 340 g/mol. The highest BCUT2D eigenvalue weighted by Crippen LogP contribution is 2.28. The molecule has 0 bridgehead atoms. The van der Waals surface area contributed by atoms with Crippen LogP contribution in [0.4, 0.5) is 0 Å². The smallest absolute Gasteiger partial charge is 0.178 e. The van der Waals surface area contributed by atoms with E-state index in [0.29, 0.717) is 17.2 Å². The van der Waals surface area contributed by atoms with E-state index < -0.39 is 0 Å². The zero-order valence-electron chi connectivity index (χ0n) is 14.4. The summed E-state index contributed by atoms with van der Waals surface area (Å²) < 4.78 is 15.4. The molecule has 0 fully saturated rings. The minimum absolute atomic E-state index is 0.0549. The Hall–Kier alpha value is -3.21. The molecule has 0 spiro atoms. The Balaban J connectivity index is 2.08. The lowest BCUT2D eigenvalue weighted by Gasteiger charge is -2.07. The fraction of sp³-hybridized carbons (Fsp3) is 0.150. The second-order valence-electron chi connectivity index (χ2n) is 5.11. The molecule has 0 atom stereocenters. The third-order valence-electron chi connectivity index (χ3n) is 3.49. The third kappa shape index (κ3) is 4.88. The molecule has 5 heteroatoms. The molecule has 2 rings (SSSR count). The molecule has 0 amide bonds. The van der Waals surface area contributed by atoms with Gasteiger partial charge in [0.25, 0.3) is 0 Å². The highest BCUT2D eigenvalue weighted by molar-refractivity contribution is 6.04. The Morgan fingerprint density at radius 1 is 0.800 bits per heavy atom. The van der Waals surface area contributed by atoms with E-state index in [-0.39, 0.29) is 11.5 Å². The average Bonchev–Trinajstić information content (AvgIpc) is 2.65. The first-order chi connectivity index (χ1) is 12.1. The summed E-state index contributed by atoms with van der Waals surface area (Å²) in [4.78, 5) is 12.0. The van der Waals surface area contributed by atoms with E-state index in [0.717, 1.165) is 11.1 Å². The van der Waals surface area contributed by atoms with E-state index in [1.54, 1.807) is 50.6 Å². The van der Waals surface area contributed by atoms with Crippen LogP contribution in [0, 0.1) is 0 Å². The lowest BCUT2D eigenvalue weighted by molar-refractivity contribution is -0.110. The molecule has 0 aromatic heterocycles. The van der Waals surface area contributed by atoms with Gasteiger partial charge in [0.1, 0.15) is 0 Å². The Bertz CT molecular complexity index is 806. The summed E-state index contributed by atoms with van der Waals surface area (Å²) in [6.45, 7) is 0. The van der Waals surface area contributed by atoms with Crippen LogP contribution in [0.1, 0.15) is 11.1 Å². The fourth-order valence-electron chi connectivity index (χ4n) is 2.17. The molecule has 5 nitrogen and oxygen atoms in total. The van der Waals surface area contributed by atoms with Gasteiger partial charge in [-0.2, -0.15) is 0 Å². The van der Waals surface area contributed by atoms with Crippen LogP contribution in [0.2, 0.25) is 0 Å². The number of benzene rings is 2. The van der Waals surface area contributed by atoms with E-state index in [1.807, 2.05) is 6.07 Å². The number of hydrogen-bond acceptors (Lipinski definition) is 5. The fourth-order valence-corrected chi connectivity index (χ4v) is 2.17. The van der Waals surface area contributed by atoms with Crippen molar-refractivity contribution in [3.05, 3.63) is 59.7 Å². The predicted octanol–water partition coefficient (Wildman–Crippen LogP) is 3.71. The first-order valence-electron chi connectivity index (χ1n) is 7.56. The zero-order valence-corrected chi connectivity index (χ0v) is 14.4. The van der Waals surface area contributed by atoms with Gasteiger partial charge in [-0.3, -0.25) is 4.79 Å². The lowest BCUT2D eigenvalue weighted by Crippen LogP contribution is -1.91. The Labute approximate surface area is 146 Å². The molecule has 0 aliphatic heterocycles. The number of hydrogen-bond donors (Lipinski definition) is 1. The van der Waals surface area contributed by atoms with E-state index in [4.69, 9.17) is 14.2 Å². The number of aromatic hydroxyl groups is 1. The zero-order chi connectivity index (χ0) is 18.2. The summed E-state index contributed by atoms with van der Waals surface area (Å²) >= 11 is 0. The van der Waals surface area contributed by atoms with Crippen molar-refractivity contribution in [2.75, 3.05) is 21.3 Å². The van der Waals surface area contributed by atoms with Gasteiger partial charge in [0, 0.05) is 0 Å². The van der Waals surface area contributed by atoms with Crippen molar-refractivity contribution in [3.8, 4) is 23.0 Å². The molecule has 0 aliphatic carbocycles. The van der Waals surface area contributed by atoms with Crippen LogP contribution in [-0.2, 0) is 4.79 Å². The van der Waals surface area contributed by atoms with Crippen LogP contribution in [-0.4, -0.2) is 32.2 Å². The number of phenols is 1. The van der Waals surface area contributed by atoms with Gasteiger partial charge in [0.2, 0.25) is 0 Å². The standard InChI is InChI=1S/C20H20O5/c1-23-18-11-7-15(13-20(18)25-3)5-9-16(21)8-4-14-6-10-17(22)19(12-14)24-2/h4-13,22H,1-3H3/b8-4+,9-5+. The summed E-state index contributed by atoms with van der Waals surface area (Å²) in [5.74, 6) is 1.48. The summed E-state index contributed by atoms with van der Waals surface area (Å²) in [6, 6.07) is 10.3. The number of methoxy groups -OCH3 is 3. The van der Waals surface area contributed by atoms with Crippen molar-refractivity contribution < 1.29 is 24.1 Å². The number of carbonyl (C=O) groups excluding carboxylic acids is 1. The largest absolute Gasteiger partial charge is 0.504 e. The van der Waals surface area contributed by atoms with Gasteiger partial charge in [0.15, 0.2) is 28.8 Å². The molecule has 0 radical (unpaired) electrons. The van der Waals surface area contributed by atoms with Crippen LogP contribution in [0.5, 0.6) is 23.0 Å². The molecular weight excluding hydrogens is 320 g/mol. The molecule has 0 aliphatic rings. The molecule has 0 unspecified atom stereocenters. The topological polar surface area (TPSA) is 65.0 Å². The van der Waals surface area contributed by atoms with Gasteiger partial charge in [-0.15, -0.1) is 0 Å². The SMILES string of the molecule is COc1cc(/C=C/C(=O)/C=C/c2ccc(OC)c(OC)c2)ccc1O. The first-order valence-corrected chi connectivity index (χ1v) is 7.56. The maximum Gasteiger partial charge on any atom is 0.178 e. The highest BCUT2D eigenvalue weighted by atomic mass is 16.5. The summed E-state index contributed by atoms with van der Waals surface area (Å²) in [5, 5.41) is 9.56. The van der Waals surface area contributed by atoms with E-state index >= 15 is 0 Å².